The maximum absolute atomic E-state index is 14.2. The number of rotatable bonds is 5. The van der Waals surface area contributed by atoms with E-state index in [4.69, 9.17) is 4.74 Å². The lowest BCUT2D eigenvalue weighted by Gasteiger charge is -2.30. The van der Waals surface area contributed by atoms with E-state index >= 15 is 0 Å². The molecule has 0 bridgehead atoms. The van der Waals surface area contributed by atoms with Crippen molar-refractivity contribution in [2.24, 2.45) is 5.92 Å². The van der Waals surface area contributed by atoms with Gasteiger partial charge in [-0.25, -0.2) is 13.2 Å². The number of carbonyl (C=O) groups is 4. The molecule has 1 aromatic carbocycles. The molecule has 3 N–H and O–H groups in total. The van der Waals surface area contributed by atoms with Gasteiger partial charge in [0.1, 0.15) is 23.2 Å². The molecule has 5 rings (SSSR count). The highest BCUT2D eigenvalue weighted by Gasteiger charge is 2.62. The number of allylic oxidation sites excluding steroid dienone is 1. The minimum atomic E-state index is -3.83. The molecule has 2 unspecified atom stereocenters. The van der Waals surface area contributed by atoms with Crippen molar-refractivity contribution in [2.45, 2.75) is 113 Å². The van der Waals surface area contributed by atoms with Crippen LogP contribution in [0.3, 0.4) is 0 Å². The standard InChI is InChI=1S/C32H44N4O7S/c1-31(2,3)43-30(40)33-25-15-11-6-4-5-10-14-23-19-32(23,29(39)35-44(41,42)24-16-17-24)34-27(37)26-18-22(20-36(26)28(25)38)21-12-8-7-9-13-21/h7-10,12-14,22-26H,4-6,11,15-20H2,1-3H3,(H,33,40)(H,34,37)(H,35,39)/b14-10-/t22-,23?,25+,26?,32-/m1/s1. The van der Waals surface area contributed by atoms with Gasteiger partial charge >= 0.3 is 6.09 Å². The van der Waals surface area contributed by atoms with Gasteiger partial charge in [0.15, 0.2) is 0 Å². The highest BCUT2D eigenvalue weighted by molar-refractivity contribution is 7.91. The number of benzene rings is 1. The van der Waals surface area contributed by atoms with E-state index in [2.05, 4.69) is 15.4 Å². The van der Waals surface area contributed by atoms with Gasteiger partial charge in [-0.1, -0.05) is 55.3 Å². The number of hydrogen-bond donors (Lipinski definition) is 3. The molecule has 240 valence electrons. The Hall–Kier alpha value is -3.41. The van der Waals surface area contributed by atoms with E-state index < -0.39 is 56.4 Å². The van der Waals surface area contributed by atoms with Gasteiger partial charge in [0.25, 0.3) is 5.91 Å². The lowest BCUT2D eigenvalue weighted by molar-refractivity contribution is -0.141. The number of alkyl carbamates (subject to hydrolysis) is 1. The molecule has 4 aliphatic rings. The van der Waals surface area contributed by atoms with Crippen LogP contribution in [-0.2, 0) is 29.1 Å². The normalized spacial score (nSPS) is 30.5. The van der Waals surface area contributed by atoms with Crippen LogP contribution in [0.25, 0.3) is 0 Å². The molecule has 0 aromatic heterocycles. The highest BCUT2D eigenvalue weighted by Crippen LogP contribution is 2.46. The largest absolute Gasteiger partial charge is 0.444 e. The van der Waals surface area contributed by atoms with Gasteiger partial charge in [0.05, 0.1) is 5.25 Å². The summed E-state index contributed by atoms with van der Waals surface area (Å²) in [6, 6.07) is 7.79. The van der Waals surface area contributed by atoms with Crippen LogP contribution < -0.4 is 15.4 Å². The second-order valence-electron chi connectivity index (χ2n) is 13.6. The molecule has 2 aliphatic heterocycles. The Morgan fingerprint density at radius 1 is 1.05 bits per heavy atom. The zero-order chi connectivity index (χ0) is 31.7. The molecule has 2 saturated carbocycles. The number of nitrogens with one attached hydrogen (secondary N) is 3. The third-order valence-corrected chi connectivity index (χ3v) is 10.7. The Bertz CT molecular complexity index is 1400. The van der Waals surface area contributed by atoms with Crippen molar-refractivity contribution in [3.8, 4) is 0 Å². The van der Waals surface area contributed by atoms with Crippen LogP contribution in [0.15, 0.2) is 42.5 Å². The lowest BCUT2D eigenvalue weighted by Crippen LogP contribution is -2.58. The predicted octanol–water partition coefficient (Wildman–Crippen LogP) is 3.27. The zero-order valence-corrected chi connectivity index (χ0v) is 26.5. The minimum absolute atomic E-state index is 0.146. The average Bonchev–Trinajstić information content (AvgIpc) is 3.87. The smallest absolute Gasteiger partial charge is 0.408 e. The summed E-state index contributed by atoms with van der Waals surface area (Å²) in [6.45, 7) is 5.50. The fraction of sp³-hybridized carbons (Fsp3) is 0.625. The number of fused-ring (bicyclic) bond motifs is 2. The summed E-state index contributed by atoms with van der Waals surface area (Å²) in [5, 5.41) is 5.07. The summed E-state index contributed by atoms with van der Waals surface area (Å²) in [5.41, 5.74) is -1.19. The van der Waals surface area contributed by atoms with Crippen molar-refractivity contribution in [2.75, 3.05) is 6.54 Å². The van der Waals surface area contributed by atoms with Crippen LogP contribution in [0.1, 0.15) is 90.0 Å². The van der Waals surface area contributed by atoms with E-state index in [0.29, 0.717) is 32.1 Å². The molecule has 4 amide bonds. The number of hydrogen-bond acceptors (Lipinski definition) is 7. The highest BCUT2D eigenvalue weighted by atomic mass is 32.2. The third kappa shape index (κ3) is 7.44. The maximum Gasteiger partial charge on any atom is 0.408 e. The van der Waals surface area contributed by atoms with E-state index in [0.717, 1.165) is 24.8 Å². The lowest BCUT2D eigenvalue weighted by atomic mass is 9.96. The monoisotopic (exact) mass is 628 g/mol. The Morgan fingerprint density at radius 2 is 1.77 bits per heavy atom. The topological polar surface area (TPSA) is 151 Å². The van der Waals surface area contributed by atoms with Crippen LogP contribution in [0.4, 0.5) is 4.79 Å². The van der Waals surface area contributed by atoms with Crippen molar-refractivity contribution in [1.29, 1.82) is 0 Å². The van der Waals surface area contributed by atoms with Crippen molar-refractivity contribution < 1.29 is 32.3 Å². The maximum atomic E-state index is 14.2. The van der Waals surface area contributed by atoms with Gasteiger partial charge < -0.3 is 20.3 Å². The summed E-state index contributed by atoms with van der Waals surface area (Å²) >= 11 is 0. The van der Waals surface area contributed by atoms with Gasteiger partial charge in [-0.15, -0.1) is 0 Å². The molecular formula is C32H44N4O7S. The molecule has 1 aromatic rings. The number of sulfonamides is 1. The van der Waals surface area contributed by atoms with Crippen LogP contribution in [0, 0.1) is 5.92 Å². The minimum Gasteiger partial charge on any atom is -0.444 e. The first-order valence-electron chi connectivity index (χ1n) is 15.7. The van der Waals surface area contributed by atoms with Crippen LogP contribution in [0.2, 0.25) is 0 Å². The molecule has 12 heteroatoms. The first kappa shape index (κ1) is 32.0. The fourth-order valence-corrected chi connectivity index (χ4v) is 7.58. The Labute approximate surface area is 259 Å². The van der Waals surface area contributed by atoms with Gasteiger partial charge in [-0.05, 0) is 71.3 Å². The molecule has 0 spiro atoms. The van der Waals surface area contributed by atoms with E-state index in [1.165, 1.54) is 4.90 Å². The Morgan fingerprint density at radius 3 is 2.45 bits per heavy atom. The van der Waals surface area contributed by atoms with Crippen LogP contribution in [0.5, 0.6) is 0 Å². The molecular weight excluding hydrogens is 584 g/mol. The second kappa shape index (κ2) is 12.5. The quantitative estimate of drug-likeness (QED) is 0.424. The van der Waals surface area contributed by atoms with Gasteiger partial charge in [0, 0.05) is 18.4 Å². The van der Waals surface area contributed by atoms with Crippen molar-refractivity contribution in [3.63, 3.8) is 0 Å². The Balaban J connectivity index is 1.44. The Kier molecular flexibility index (Phi) is 9.11. The molecule has 2 aliphatic carbocycles. The summed E-state index contributed by atoms with van der Waals surface area (Å²) in [5.74, 6) is -2.14. The van der Waals surface area contributed by atoms with Gasteiger partial charge in [-0.3, -0.25) is 19.1 Å². The fourth-order valence-electron chi connectivity index (χ4n) is 6.22. The van der Waals surface area contributed by atoms with Crippen LogP contribution >= 0.6 is 0 Å². The SMILES string of the molecule is CC(C)(C)OC(=O)N[C@H]1CCCCC/C=C\C2C[C@@]2(C(=O)NS(=O)(=O)C2CC2)NC(=O)C2C[C@@H](c3ccccc3)CN2C1=O. The van der Waals surface area contributed by atoms with E-state index in [9.17, 15) is 27.6 Å². The van der Waals surface area contributed by atoms with E-state index in [1.807, 2.05) is 42.5 Å². The van der Waals surface area contributed by atoms with Gasteiger partial charge in [0.2, 0.25) is 21.8 Å². The summed E-state index contributed by atoms with van der Waals surface area (Å²) < 4.78 is 33.0. The van der Waals surface area contributed by atoms with Crippen molar-refractivity contribution in [1.82, 2.24) is 20.3 Å². The average molecular weight is 629 g/mol. The zero-order valence-electron chi connectivity index (χ0n) is 25.7. The number of nitrogens with zero attached hydrogens (tertiary/aromatic N) is 1. The van der Waals surface area contributed by atoms with Crippen molar-refractivity contribution >= 4 is 33.8 Å². The summed E-state index contributed by atoms with van der Waals surface area (Å²) in [6.07, 6.45) is 8.20. The van der Waals surface area contributed by atoms with E-state index in [1.54, 1.807) is 20.8 Å². The molecule has 3 fully saturated rings. The van der Waals surface area contributed by atoms with Crippen LogP contribution in [-0.4, -0.2) is 72.2 Å². The van der Waals surface area contributed by atoms with E-state index in [-0.39, 0.29) is 30.7 Å². The molecule has 5 atom stereocenters. The molecule has 44 heavy (non-hydrogen) atoms. The summed E-state index contributed by atoms with van der Waals surface area (Å²) in [4.78, 5) is 56.0. The molecule has 1 saturated heterocycles. The summed E-state index contributed by atoms with van der Waals surface area (Å²) in [7, 11) is -3.83. The van der Waals surface area contributed by atoms with Gasteiger partial charge in [-0.2, -0.15) is 0 Å². The number of ether oxygens (including phenoxy) is 1. The predicted molar refractivity (Wildman–Crippen MR) is 164 cm³/mol. The number of amides is 4. The first-order chi connectivity index (χ1) is 20.8. The third-order valence-electron chi connectivity index (χ3n) is 8.84. The van der Waals surface area contributed by atoms with Crippen molar-refractivity contribution in [3.05, 3.63) is 48.0 Å². The second-order valence-corrected chi connectivity index (χ2v) is 15.5. The number of carbonyl (C=O) groups excluding carboxylic acids is 4. The first-order valence-corrected chi connectivity index (χ1v) is 17.2. The molecule has 2 heterocycles. The molecule has 11 nitrogen and oxygen atoms in total. The molecule has 0 radical (unpaired) electrons.